The highest BCUT2D eigenvalue weighted by molar-refractivity contribution is 5.95. The normalized spacial score (nSPS) is 11.0. The Hall–Kier alpha value is -2.32. The van der Waals surface area contributed by atoms with E-state index in [2.05, 4.69) is 4.98 Å². The van der Waals surface area contributed by atoms with Gasteiger partial charge in [0.25, 0.3) is 0 Å². The Morgan fingerprint density at radius 2 is 2.10 bits per heavy atom. The highest BCUT2D eigenvalue weighted by Gasteiger charge is 2.34. The van der Waals surface area contributed by atoms with Gasteiger partial charge in [0, 0.05) is 6.20 Å². The summed E-state index contributed by atoms with van der Waals surface area (Å²) in [6.45, 7) is -0.907. The molecule has 0 spiro atoms. The van der Waals surface area contributed by atoms with Crippen molar-refractivity contribution < 1.29 is 32.6 Å². The van der Waals surface area contributed by atoms with E-state index < -0.39 is 31.2 Å². The zero-order valence-corrected chi connectivity index (χ0v) is 11.1. The van der Waals surface area contributed by atoms with Crippen LogP contribution in [0.25, 0.3) is 0 Å². The van der Waals surface area contributed by atoms with Crippen LogP contribution in [0.1, 0.15) is 17.3 Å². The molecule has 9 heteroatoms. The fraction of sp³-hybridized carbons (Fsp3) is 0.417. The zero-order valence-electron chi connectivity index (χ0n) is 11.1. The van der Waals surface area contributed by atoms with Crippen molar-refractivity contribution >= 4 is 17.8 Å². The predicted molar refractivity (Wildman–Crippen MR) is 66.1 cm³/mol. The van der Waals surface area contributed by atoms with Gasteiger partial charge in [-0.2, -0.15) is 13.2 Å². The standard InChI is InChI=1S/C12H13F3N2O4/c1-2-21-11(20)8-4-3-5-16-10(8)17(6-9(18)19)7-12(13,14)15/h3-5H,2,6-7H2,1H3,(H,18,19). The Morgan fingerprint density at radius 1 is 1.43 bits per heavy atom. The van der Waals surface area contributed by atoms with Crippen LogP contribution in [0.3, 0.4) is 0 Å². The maximum Gasteiger partial charge on any atom is 0.405 e. The van der Waals surface area contributed by atoms with E-state index in [4.69, 9.17) is 9.84 Å². The summed E-state index contributed by atoms with van der Waals surface area (Å²) < 4.78 is 42.4. The van der Waals surface area contributed by atoms with E-state index in [-0.39, 0.29) is 18.0 Å². The lowest BCUT2D eigenvalue weighted by molar-refractivity contribution is -0.136. The Balaban J connectivity index is 3.17. The van der Waals surface area contributed by atoms with Crippen molar-refractivity contribution in [1.82, 2.24) is 4.98 Å². The first-order chi connectivity index (χ1) is 9.74. The van der Waals surface area contributed by atoms with E-state index in [1.807, 2.05) is 0 Å². The Bertz CT molecular complexity index is 519. The Morgan fingerprint density at radius 3 is 2.62 bits per heavy atom. The van der Waals surface area contributed by atoms with Crippen LogP contribution >= 0.6 is 0 Å². The van der Waals surface area contributed by atoms with E-state index in [0.29, 0.717) is 4.90 Å². The second kappa shape index (κ2) is 6.91. The van der Waals surface area contributed by atoms with Crippen molar-refractivity contribution in [3.63, 3.8) is 0 Å². The van der Waals surface area contributed by atoms with Crippen molar-refractivity contribution in [3.05, 3.63) is 23.9 Å². The van der Waals surface area contributed by atoms with Crippen molar-refractivity contribution in [2.75, 3.05) is 24.6 Å². The summed E-state index contributed by atoms with van der Waals surface area (Å²) in [5.41, 5.74) is -0.218. The van der Waals surface area contributed by atoms with Crippen molar-refractivity contribution in [3.8, 4) is 0 Å². The third-order valence-electron chi connectivity index (χ3n) is 2.28. The average molecular weight is 306 g/mol. The van der Waals surface area contributed by atoms with Gasteiger partial charge < -0.3 is 14.7 Å². The van der Waals surface area contributed by atoms with E-state index in [0.717, 1.165) is 0 Å². The molecule has 6 nitrogen and oxygen atoms in total. The fourth-order valence-corrected chi connectivity index (χ4v) is 1.60. The Kier molecular flexibility index (Phi) is 5.51. The average Bonchev–Trinajstić information content (AvgIpc) is 2.36. The van der Waals surface area contributed by atoms with Crippen molar-refractivity contribution in [1.29, 1.82) is 0 Å². The molecule has 0 unspecified atom stereocenters. The number of carbonyl (C=O) groups is 2. The summed E-state index contributed by atoms with van der Waals surface area (Å²) in [7, 11) is 0. The molecule has 0 aliphatic rings. The van der Waals surface area contributed by atoms with Crippen molar-refractivity contribution in [2.24, 2.45) is 0 Å². The van der Waals surface area contributed by atoms with Crippen LogP contribution in [0.5, 0.6) is 0 Å². The topological polar surface area (TPSA) is 79.7 Å². The van der Waals surface area contributed by atoms with Gasteiger partial charge in [0.2, 0.25) is 0 Å². The van der Waals surface area contributed by atoms with E-state index in [9.17, 15) is 22.8 Å². The quantitative estimate of drug-likeness (QED) is 0.806. The number of esters is 1. The number of aliphatic carboxylic acids is 1. The number of anilines is 1. The Labute approximate surface area is 118 Å². The van der Waals surface area contributed by atoms with Gasteiger partial charge in [-0.15, -0.1) is 0 Å². The number of halogens is 3. The summed E-state index contributed by atoms with van der Waals surface area (Å²) >= 11 is 0. The third kappa shape index (κ3) is 5.28. The number of hydrogen-bond donors (Lipinski definition) is 1. The minimum atomic E-state index is -4.64. The number of nitrogens with zero attached hydrogens (tertiary/aromatic N) is 2. The lowest BCUT2D eigenvalue weighted by atomic mass is 10.2. The first-order valence-corrected chi connectivity index (χ1v) is 5.90. The molecular weight excluding hydrogens is 293 g/mol. The fourth-order valence-electron chi connectivity index (χ4n) is 1.60. The summed E-state index contributed by atoms with van der Waals surface area (Å²) in [5, 5.41) is 8.72. The number of carbonyl (C=O) groups excluding carboxylic acids is 1. The molecule has 0 bridgehead atoms. The molecule has 0 radical (unpaired) electrons. The molecule has 1 rings (SSSR count). The molecule has 0 amide bonds. The zero-order chi connectivity index (χ0) is 16.0. The van der Waals surface area contributed by atoms with Gasteiger partial charge in [-0.05, 0) is 19.1 Å². The molecule has 1 aromatic heterocycles. The molecule has 116 valence electrons. The molecule has 0 atom stereocenters. The van der Waals surface area contributed by atoms with Crippen LogP contribution in [0.2, 0.25) is 0 Å². The smallest absolute Gasteiger partial charge is 0.405 e. The number of rotatable bonds is 6. The van der Waals surface area contributed by atoms with Gasteiger partial charge in [-0.3, -0.25) is 4.79 Å². The number of carboxylic acid groups (broad SMARTS) is 1. The number of pyridine rings is 1. The number of alkyl halides is 3. The largest absolute Gasteiger partial charge is 0.480 e. The summed E-state index contributed by atoms with van der Waals surface area (Å²) in [6.07, 6.45) is -3.47. The third-order valence-corrected chi connectivity index (χ3v) is 2.28. The first-order valence-electron chi connectivity index (χ1n) is 5.90. The number of ether oxygens (including phenoxy) is 1. The SMILES string of the molecule is CCOC(=O)c1cccnc1N(CC(=O)O)CC(F)(F)F. The molecule has 0 fully saturated rings. The van der Waals surface area contributed by atoms with Crippen LogP contribution in [-0.2, 0) is 9.53 Å². The molecule has 0 aromatic carbocycles. The van der Waals surface area contributed by atoms with Crippen LogP contribution < -0.4 is 4.90 Å². The second-order valence-electron chi connectivity index (χ2n) is 3.96. The highest BCUT2D eigenvalue weighted by atomic mass is 19.4. The van der Waals surface area contributed by atoms with Crippen LogP contribution in [0.4, 0.5) is 19.0 Å². The van der Waals surface area contributed by atoms with Crippen LogP contribution in [0, 0.1) is 0 Å². The number of aromatic nitrogens is 1. The van der Waals surface area contributed by atoms with Gasteiger partial charge in [-0.25, -0.2) is 9.78 Å². The lowest BCUT2D eigenvalue weighted by Gasteiger charge is -2.24. The number of hydrogen-bond acceptors (Lipinski definition) is 5. The van der Waals surface area contributed by atoms with E-state index >= 15 is 0 Å². The van der Waals surface area contributed by atoms with Crippen LogP contribution in [0.15, 0.2) is 18.3 Å². The van der Waals surface area contributed by atoms with Gasteiger partial charge in [0.05, 0.1) is 6.61 Å². The molecule has 1 heterocycles. The van der Waals surface area contributed by atoms with Gasteiger partial charge in [0.15, 0.2) is 0 Å². The van der Waals surface area contributed by atoms with Gasteiger partial charge in [0.1, 0.15) is 24.5 Å². The van der Waals surface area contributed by atoms with Gasteiger partial charge in [-0.1, -0.05) is 0 Å². The molecular formula is C12H13F3N2O4. The molecule has 21 heavy (non-hydrogen) atoms. The summed E-state index contributed by atoms with van der Waals surface area (Å²) in [4.78, 5) is 26.6. The molecule has 0 aliphatic heterocycles. The predicted octanol–water partition coefficient (Wildman–Crippen LogP) is 1.71. The monoisotopic (exact) mass is 306 g/mol. The minimum Gasteiger partial charge on any atom is -0.480 e. The molecule has 1 aromatic rings. The molecule has 0 saturated carbocycles. The van der Waals surface area contributed by atoms with Gasteiger partial charge >= 0.3 is 18.1 Å². The van der Waals surface area contributed by atoms with E-state index in [1.165, 1.54) is 18.3 Å². The summed E-state index contributed by atoms with van der Waals surface area (Å²) in [6, 6.07) is 2.58. The van der Waals surface area contributed by atoms with Crippen LogP contribution in [-0.4, -0.2) is 47.9 Å². The molecule has 0 aliphatic carbocycles. The van der Waals surface area contributed by atoms with E-state index in [1.54, 1.807) is 6.92 Å². The maximum atomic E-state index is 12.5. The first kappa shape index (κ1) is 16.7. The van der Waals surface area contributed by atoms with Crippen molar-refractivity contribution in [2.45, 2.75) is 13.1 Å². The minimum absolute atomic E-state index is 0.0331. The maximum absolute atomic E-state index is 12.5. The highest BCUT2D eigenvalue weighted by Crippen LogP contribution is 2.23. The lowest BCUT2D eigenvalue weighted by Crippen LogP contribution is -2.39. The second-order valence-corrected chi connectivity index (χ2v) is 3.96. The summed E-state index contributed by atoms with van der Waals surface area (Å²) in [5.74, 6) is -2.71. The molecule has 1 N–H and O–H groups in total. The number of carboxylic acids is 1. The molecule has 0 saturated heterocycles.